The Kier molecular flexibility index (Phi) is 2.54. The highest BCUT2D eigenvalue weighted by Crippen LogP contribution is 2.33. The monoisotopic (exact) mass is 183 g/mol. The molecule has 1 saturated carbocycles. The Morgan fingerprint density at radius 1 is 1.38 bits per heavy atom. The fourth-order valence-corrected chi connectivity index (χ4v) is 2.64. The largest absolute Gasteiger partial charge is 0.468 e. The summed E-state index contributed by atoms with van der Waals surface area (Å²) >= 11 is 0. The molecule has 3 nitrogen and oxygen atoms in total. The molecule has 1 aliphatic carbocycles. The Morgan fingerprint density at radius 3 is 2.85 bits per heavy atom. The van der Waals surface area contributed by atoms with E-state index in [1.807, 2.05) is 0 Å². The number of methoxy groups -OCH3 is 1. The highest BCUT2D eigenvalue weighted by molar-refractivity contribution is 5.76. The normalized spacial score (nSPS) is 38.4. The first-order valence-corrected chi connectivity index (χ1v) is 5.15. The number of rotatable bonds is 1. The maximum absolute atomic E-state index is 11.3. The molecule has 1 N–H and O–H groups in total. The Labute approximate surface area is 78.8 Å². The maximum Gasteiger partial charge on any atom is 0.322 e. The van der Waals surface area contributed by atoms with Crippen molar-refractivity contribution in [3.63, 3.8) is 0 Å². The highest BCUT2D eigenvalue weighted by atomic mass is 16.5. The smallest absolute Gasteiger partial charge is 0.322 e. The lowest BCUT2D eigenvalue weighted by atomic mass is 9.85. The van der Waals surface area contributed by atoms with Gasteiger partial charge < -0.3 is 10.1 Å². The second-order valence-electron chi connectivity index (χ2n) is 4.13. The first-order valence-electron chi connectivity index (χ1n) is 5.15. The van der Waals surface area contributed by atoms with Gasteiger partial charge in [0.25, 0.3) is 0 Å². The van der Waals surface area contributed by atoms with Gasteiger partial charge in [-0.1, -0.05) is 12.8 Å². The van der Waals surface area contributed by atoms with E-state index in [9.17, 15) is 4.79 Å². The van der Waals surface area contributed by atoms with Crippen molar-refractivity contribution in [2.75, 3.05) is 7.11 Å². The molecule has 1 aliphatic heterocycles. The molecule has 1 saturated heterocycles. The van der Waals surface area contributed by atoms with E-state index in [1.54, 1.807) is 0 Å². The zero-order valence-corrected chi connectivity index (χ0v) is 8.08. The van der Waals surface area contributed by atoms with Gasteiger partial charge in [-0.05, 0) is 25.2 Å². The van der Waals surface area contributed by atoms with Gasteiger partial charge in [0, 0.05) is 6.04 Å². The van der Waals surface area contributed by atoms with Crippen LogP contribution >= 0.6 is 0 Å². The van der Waals surface area contributed by atoms with E-state index < -0.39 is 0 Å². The molecule has 3 atom stereocenters. The van der Waals surface area contributed by atoms with Crippen LogP contribution in [0.2, 0.25) is 0 Å². The van der Waals surface area contributed by atoms with Gasteiger partial charge in [0.15, 0.2) is 0 Å². The van der Waals surface area contributed by atoms with Gasteiger partial charge in [0.2, 0.25) is 0 Å². The van der Waals surface area contributed by atoms with E-state index in [-0.39, 0.29) is 12.0 Å². The van der Waals surface area contributed by atoms with Crippen LogP contribution < -0.4 is 5.32 Å². The predicted molar refractivity (Wildman–Crippen MR) is 49.3 cm³/mol. The van der Waals surface area contributed by atoms with E-state index in [1.165, 1.54) is 32.8 Å². The molecule has 0 bridgehead atoms. The van der Waals surface area contributed by atoms with Crippen LogP contribution in [0.15, 0.2) is 0 Å². The number of carbonyl (C=O) groups excluding carboxylic acids is 1. The zero-order chi connectivity index (χ0) is 9.26. The molecule has 2 rings (SSSR count). The fraction of sp³-hybridized carbons (Fsp3) is 0.900. The van der Waals surface area contributed by atoms with Crippen LogP contribution in [0.5, 0.6) is 0 Å². The van der Waals surface area contributed by atoms with Crippen molar-refractivity contribution in [3.8, 4) is 0 Å². The molecular weight excluding hydrogens is 166 g/mol. The van der Waals surface area contributed by atoms with Crippen molar-refractivity contribution in [1.29, 1.82) is 0 Å². The molecule has 2 fully saturated rings. The molecular formula is C10H17NO2. The molecule has 0 amide bonds. The van der Waals surface area contributed by atoms with Crippen molar-refractivity contribution in [2.24, 2.45) is 5.92 Å². The Morgan fingerprint density at radius 2 is 2.15 bits per heavy atom. The second kappa shape index (κ2) is 3.66. The lowest BCUT2D eigenvalue weighted by Crippen LogP contribution is -2.37. The van der Waals surface area contributed by atoms with Crippen LogP contribution in [0, 0.1) is 5.92 Å². The van der Waals surface area contributed by atoms with Crippen molar-refractivity contribution in [2.45, 2.75) is 44.2 Å². The van der Waals surface area contributed by atoms with Crippen LogP contribution in [-0.2, 0) is 9.53 Å². The Bertz CT molecular complexity index is 191. The number of hydrogen-bond acceptors (Lipinski definition) is 3. The molecule has 13 heavy (non-hydrogen) atoms. The van der Waals surface area contributed by atoms with Crippen molar-refractivity contribution in [3.05, 3.63) is 0 Å². The molecule has 0 radical (unpaired) electrons. The summed E-state index contributed by atoms with van der Waals surface area (Å²) in [5.41, 5.74) is 0. The van der Waals surface area contributed by atoms with Gasteiger partial charge in [-0.25, -0.2) is 0 Å². The summed E-state index contributed by atoms with van der Waals surface area (Å²) in [7, 11) is 1.46. The molecule has 0 spiro atoms. The topological polar surface area (TPSA) is 38.3 Å². The van der Waals surface area contributed by atoms with E-state index in [0.717, 1.165) is 12.3 Å². The quantitative estimate of drug-likeness (QED) is 0.618. The minimum Gasteiger partial charge on any atom is -0.468 e. The number of nitrogens with one attached hydrogen (secondary N) is 1. The summed E-state index contributed by atoms with van der Waals surface area (Å²) in [6.45, 7) is 0. The Balaban J connectivity index is 1.94. The molecule has 74 valence electrons. The van der Waals surface area contributed by atoms with Crippen LogP contribution in [0.4, 0.5) is 0 Å². The minimum absolute atomic E-state index is 0.0295. The number of ether oxygens (including phenoxy) is 1. The molecule has 0 aromatic rings. The van der Waals surface area contributed by atoms with Crippen molar-refractivity contribution >= 4 is 5.97 Å². The molecule has 2 aliphatic rings. The summed E-state index contributed by atoms with van der Waals surface area (Å²) in [6, 6.07) is 0.552. The van der Waals surface area contributed by atoms with Gasteiger partial charge in [0.05, 0.1) is 7.11 Å². The fourth-order valence-electron chi connectivity index (χ4n) is 2.64. The van der Waals surface area contributed by atoms with Gasteiger partial charge in [-0.2, -0.15) is 0 Å². The molecule has 1 heterocycles. The molecule has 3 heteroatoms. The third-order valence-electron chi connectivity index (χ3n) is 3.35. The standard InChI is InChI=1S/C10H17NO2/c1-13-10(12)9-6-7-4-2-3-5-8(7)11-9/h7-9,11H,2-6H2,1H3/t7-,8+,9?/m1/s1. The first kappa shape index (κ1) is 9.00. The first-order chi connectivity index (χ1) is 6.31. The number of fused-ring (bicyclic) bond motifs is 1. The third kappa shape index (κ3) is 1.70. The number of esters is 1. The van der Waals surface area contributed by atoms with Crippen molar-refractivity contribution in [1.82, 2.24) is 5.32 Å². The summed E-state index contributed by atoms with van der Waals surface area (Å²) in [5, 5.41) is 3.37. The lowest BCUT2D eigenvalue weighted by molar-refractivity contribution is -0.142. The van der Waals surface area contributed by atoms with Gasteiger partial charge >= 0.3 is 5.97 Å². The summed E-state index contributed by atoms with van der Waals surface area (Å²) in [4.78, 5) is 11.3. The molecule has 1 unspecified atom stereocenters. The van der Waals surface area contributed by atoms with Crippen molar-refractivity contribution < 1.29 is 9.53 Å². The Hall–Kier alpha value is -0.570. The van der Waals surface area contributed by atoms with Gasteiger partial charge in [-0.3, -0.25) is 4.79 Å². The molecule has 0 aromatic heterocycles. The minimum atomic E-state index is -0.0885. The van der Waals surface area contributed by atoms with Gasteiger partial charge in [-0.15, -0.1) is 0 Å². The summed E-state index contributed by atoms with van der Waals surface area (Å²) in [5.74, 6) is 0.632. The number of carbonyl (C=O) groups is 1. The van der Waals surface area contributed by atoms with E-state index in [2.05, 4.69) is 5.32 Å². The van der Waals surface area contributed by atoms with Crippen LogP contribution in [0.25, 0.3) is 0 Å². The van der Waals surface area contributed by atoms with E-state index in [0.29, 0.717) is 6.04 Å². The number of hydrogen-bond donors (Lipinski definition) is 1. The summed E-state index contributed by atoms with van der Waals surface area (Å²) in [6.07, 6.45) is 6.14. The maximum atomic E-state index is 11.3. The van der Waals surface area contributed by atoms with E-state index in [4.69, 9.17) is 4.74 Å². The molecule has 0 aromatic carbocycles. The zero-order valence-electron chi connectivity index (χ0n) is 8.08. The predicted octanol–water partition coefficient (Wildman–Crippen LogP) is 1.08. The van der Waals surface area contributed by atoms with Gasteiger partial charge in [0.1, 0.15) is 6.04 Å². The average Bonchev–Trinajstić information content (AvgIpc) is 2.59. The van der Waals surface area contributed by atoms with Crippen LogP contribution in [0.3, 0.4) is 0 Å². The second-order valence-corrected chi connectivity index (χ2v) is 4.13. The third-order valence-corrected chi connectivity index (χ3v) is 3.35. The average molecular weight is 183 g/mol. The van der Waals surface area contributed by atoms with Crippen LogP contribution in [0.1, 0.15) is 32.1 Å². The van der Waals surface area contributed by atoms with Crippen LogP contribution in [-0.4, -0.2) is 25.2 Å². The highest BCUT2D eigenvalue weighted by Gasteiger charge is 2.38. The summed E-state index contributed by atoms with van der Waals surface area (Å²) < 4.78 is 4.74. The SMILES string of the molecule is COC(=O)C1C[C@H]2CCCC[C@@H]2N1. The lowest BCUT2D eigenvalue weighted by Gasteiger charge is -2.24. The van der Waals surface area contributed by atoms with E-state index >= 15 is 0 Å².